The summed E-state index contributed by atoms with van der Waals surface area (Å²) in [6, 6.07) is 13.9. The molecule has 0 saturated heterocycles. The molecule has 2 amide bonds. The van der Waals surface area contributed by atoms with Crippen molar-refractivity contribution in [1.29, 1.82) is 0 Å². The molecule has 0 unspecified atom stereocenters. The number of aryl methyl sites for hydroxylation is 2. The first-order valence-corrected chi connectivity index (χ1v) is 13.6. The average Bonchev–Trinajstić information content (AvgIpc) is 2.90. The van der Waals surface area contributed by atoms with E-state index in [1.807, 2.05) is 6.26 Å². The van der Waals surface area contributed by atoms with E-state index in [0.717, 1.165) is 10.7 Å². The van der Waals surface area contributed by atoms with E-state index in [1.165, 1.54) is 27.0 Å². The van der Waals surface area contributed by atoms with Crippen LogP contribution >= 0.6 is 11.8 Å². The van der Waals surface area contributed by atoms with Crippen molar-refractivity contribution < 1.29 is 40.3 Å². The Bertz CT molecular complexity index is 1400. The molecule has 3 aromatic carbocycles. The highest BCUT2D eigenvalue weighted by Gasteiger charge is 2.73. The molecule has 0 aromatic heterocycles. The van der Waals surface area contributed by atoms with Gasteiger partial charge in [0.05, 0.1) is 0 Å². The maximum absolute atomic E-state index is 14.7. The van der Waals surface area contributed by atoms with E-state index in [2.05, 4.69) is 5.32 Å². The van der Waals surface area contributed by atoms with E-state index in [-0.39, 0.29) is 28.3 Å². The van der Waals surface area contributed by atoms with E-state index in [9.17, 15) is 40.3 Å². The number of carbonyl (C=O) groups is 2. The van der Waals surface area contributed by atoms with Crippen molar-refractivity contribution in [2.24, 2.45) is 0 Å². The third-order valence-electron chi connectivity index (χ3n) is 6.50. The van der Waals surface area contributed by atoms with Gasteiger partial charge in [0, 0.05) is 41.7 Å². The van der Waals surface area contributed by atoms with Crippen molar-refractivity contribution in [2.75, 3.05) is 30.5 Å². The third kappa shape index (κ3) is 6.37. The van der Waals surface area contributed by atoms with Gasteiger partial charge in [0.25, 0.3) is 11.8 Å². The first-order valence-electron chi connectivity index (χ1n) is 12.2. The highest BCUT2D eigenvalue weighted by Crippen LogP contribution is 2.54. The topological polar surface area (TPSA) is 49.4 Å². The Labute approximate surface area is 236 Å². The minimum Gasteiger partial charge on any atom is -0.351 e. The third-order valence-corrected chi connectivity index (χ3v) is 7.11. The van der Waals surface area contributed by atoms with Crippen molar-refractivity contribution in [1.82, 2.24) is 5.32 Å². The molecule has 0 spiro atoms. The number of rotatable bonds is 8. The predicted octanol–water partition coefficient (Wildman–Crippen LogP) is 7.63. The van der Waals surface area contributed by atoms with Crippen molar-refractivity contribution in [3.8, 4) is 11.1 Å². The molecule has 0 aliphatic carbocycles. The van der Waals surface area contributed by atoms with Crippen LogP contribution in [-0.2, 0) is 5.67 Å². The molecule has 0 aliphatic rings. The second kappa shape index (κ2) is 12.1. The minimum absolute atomic E-state index is 0.0298. The molecule has 0 heterocycles. The number of hydrogen-bond acceptors (Lipinski definition) is 3. The number of thioether (sulfide) groups is 1. The molecule has 0 fully saturated rings. The summed E-state index contributed by atoms with van der Waals surface area (Å²) in [5.41, 5.74) is -5.97. The molecule has 0 saturated carbocycles. The number of halogens is 7. The van der Waals surface area contributed by atoms with Crippen LogP contribution in [0.3, 0.4) is 0 Å². The molecule has 12 heteroatoms. The molecule has 4 nitrogen and oxygen atoms in total. The fourth-order valence-corrected chi connectivity index (χ4v) is 4.88. The Kier molecular flexibility index (Phi) is 9.47. The molecular weight excluding hydrogens is 573 g/mol. The molecular formula is C29H27F7N2O2S. The van der Waals surface area contributed by atoms with Gasteiger partial charge >= 0.3 is 18.0 Å². The van der Waals surface area contributed by atoms with Crippen LogP contribution in [0.25, 0.3) is 11.1 Å². The highest BCUT2D eigenvalue weighted by molar-refractivity contribution is 7.98. The van der Waals surface area contributed by atoms with Gasteiger partial charge in [-0.25, -0.2) is 4.39 Å². The lowest BCUT2D eigenvalue weighted by Crippen LogP contribution is -2.50. The Morgan fingerprint density at radius 2 is 1.44 bits per heavy atom. The summed E-state index contributed by atoms with van der Waals surface area (Å²) in [6.45, 7) is 2.87. The summed E-state index contributed by atoms with van der Waals surface area (Å²) in [5, 5.41) is 2.80. The lowest BCUT2D eigenvalue weighted by Gasteiger charge is -2.32. The number of amides is 2. The number of benzene rings is 3. The largest absolute Gasteiger partial charge is 0.435 e. The van der Waals surface area contributed by atoms with E-state index in [4.69, 9.17) is 0 Å². The van der Waals surface area contributed by atoms with Crippen LogP contribution in [0.4, 0.5) is 36.4 Å². The van der Waals surface area contributed by atoms with E-state index >= 15 is 0 Å². The summed E-state index contributed by atoms with van der Waals surface area (Å²) >= 11 is 1.58. The number of hydrogen-bond donors (Lipinski definition) is 1. The zero-order chi connectivity index (χ0) is 30.8. The van der Waals surface area contributed by atoms with Gasteiger partial charge in [-0.15, -0.1) is 0 Å². The average molecular weight is 601 g/mol. The first-order chi connectivity index (χ1) is 19.0. The molecule has 0 aliphatic heterocycles. The van der Waals surface area contributed by atoms with Crippen molar-refractivity contribution in [3.63, 3.8) is 0 Å². The highest BCUT2D eigenvalue weighted by atomic mass is 32.2. The summed E-state index contributed by atoms with van der Waals surface area (Å²) < 4.78 is 94.7. The SMILES string of the molecule is CSCCNC(=O)c1cccc(-c2ccccc2C(=O)N(C)c2c(C)cc(C(F)(C(F)(F)F)C(F)(F)F)cc2C)c1. The quantitative estimate of drug-likeness (QED) is 0.214. The van der Waals surface area contributed by atoms with E-state index < -0.39 is 29.5 Å². The summed E-state index contributed by atoms with van der Waals surface area (Å²) in [7, 11) is 1.32. The summed E-state index contributed by atoms with van der Waals surface area (Å²) in [4.78, 5) is 27.3. The zero-order valence-corrected chi connectivity index (χ0v) is 23.3. The normalized spacial score (nSPS) is 12.3. The number of carbonyl (C=O) groups excluding carboxylic acids is 2. The molecule has 41 heavy (non-hydrogen) atoms. The van der Waals surface area contributed by atoms with Gasteiger partial charge in [0.1, 0.15) is 0 Å². The predicted molar refractivity (Wildman–Crippen MR) is 146 cm³/mol. The lowest BCUT2D eigenvalue weighted by molar-refractivity contribution is -0.348. The van der Waals surface area contributed by atoms with Crippen molar-refractivity contribution in [2.45, 2.75) is 31.9 Å². The van der Waals surface area contributed by atoms with E-state index in [1.54, 1.807) is 54.2 Å². The van der Waals surface area contributed by atoms with Gasteiger partial charge in [0.2, 0.25) is 0 Å². The van der Waals surface area contributed by atoms with Crippen LogP contribution in [0, 0.1) is 13.8 Å². The van der Waals surface area contributed by atoms with Gasteiger partial charge in [-0.05, 0) is 60.6 Å². The first kappa shape index (κ1) is 32.0. The summed E-state index contributed by atoms with van der Waals surface area (Å²) in [5.74, 6) is -0.185. The Morgan fingerprint density at radius 1 is 0.854 bits per heavy atom. The zero-order valence-electron chi connectivity index (χ0n) is 22.5. The fourth-order valence-electron chi connectivity index (χ4n) is 4.57. The van der Waals surface area contributed by atoms with E-state index in [0.29, 0.717) is 35.4 Å². The smallest absolute Gasteiger partial charge is 0.351 e. The molecule has 1 N–H and O–H groups in total. The maximum Gasteiger partial charge on any atom is 0.435 e. The van der Waals surface area contributed by atoms with Crippen molar-refractivity contribution in [3.05, 3.63) is 88.5 Å². The van der Waals surface area contributed by atoms with Gasteiger partial charge in [-0.1, -0.05) is 42.5 Å². The molecule has 0 bridgehead atoms. The van der Waals surface area contributed by atoms with Crippen LogP contribution < -0.4 is 10.2 Å². The molecule has 3 rings (SSSR count). The molecule has 3 aromatic rings. The Morgan fingerprint density at radius 3 is 2.00 bits per heavy atom. The Hall–Kier alpha value is -3.54. The number of anilines is 1. The van der Waals surface area contributed by atoms with Gasteiger partial charge in [-0.2, -0.15) is 38.1 Å². The fraction of sp³-hybridized carbons (Fsp3) is 0.310. The minimum atomic E-state index is -6.26. The molecule has 0 radical (unpaired) electrons. The lowest BCUT2D eigenvalue weighted by atomic mass is 9.90. The van der Waals surface area contributed by atoms with Crippen molar-refractivity contribution >= 4 is 29.3 Å². The number of nitrogens with one attached hydrogen (secondary N) is 1. The van der Waals surface area contributed by atoms with Crippen LogP contribution in [0.2, 0.25) is 0 Å². The number of nitrogens with zero attached hydrogens (tertiary/aromatic N) is 1. The van der Waals surface area contributed by atoms with Crippen LogP contribution in [0.15, 0.2) is 60.7 Å². The summed E-state index contributed by atoms with van der Waals surface area (Å²) in [6.07, 6.45) is -10.6. The van der Waals surface area contributed by atoms with Gasteiger partial charge < -0.3 is 10.2 Å². The number of alkyl halides is 7. The standard InChI is InChI=1S/C29H27F7N2O2S/c1-17-14-21(27(30,28(31,32)33)29(34,35)36)15-18(2)24(17)38(3)26(40)23-11-6-5-10-22(23)19-8-7-9-20(16-19)25(39)37-12-13-41-4/h5-11,14-16H,12-13H2,1-4H3,(H,37,39). The van der Waals surface area contributed by atoms with Gasteiger partial charge in [-0.3, -0.25) is 9.59 Å². The van der Waals surface area contributed by atoms with Gasteiger partial charge in [0.15, 0.2) is 0 Å². The van der Waals surface area contributed by atoms with Crippen LogP contribution in [0.1, 0.15) is 37.4 Å². The second-order valence-electron chi connectivity index (χ2n) is 9.35. The van der Waals surface area contributed by atoms with Crippen LogP contribution in [-0.4, -0.2) is 49.8 Å². The van der Waals surface area contributed by atoms with Crippen LogP contribution in [0.5, 0.6) is 0 Å². The molecule has 220 valence electrons. The second-order valence-corrected chi connectivity index (χ2v) is 10.3. The molecule has 0 atom stereocenters. The maximum atomic E-state index is 14.7. The Balaban J connectivity index is 2.02. The monoisotopic (exact) mass is 600 g/mol.